The van der Waals surface area contributed by atoms with E-state index in [1.165, 1.54) is 19.4 Å². The number of methoxy groups -OCH3 is 1. The van der Waals surface area contributed by atoms with Crippen LogP contribution >= 0.6 is 0 Å². The van der Waals surface area contributed by atoms with Crippen molar-refractivity contribution in [2.24, 2.45) is 10.9 Å². The van der Waals surface area contributed by atoms with Crippen LogP contribution in [0.1, 0.15) is 21.6 Å². The van der Waals surface area contributed by atoms with Gasteiger partial charge in [0, 0.05) is 24.9 Å². The van der Waals surface area contributed by atoms with Crippen LogP contribution < -0.4 is 26.2 Å². The van der Waals surface area contributed by atoms with Gasteiger partial charge in [0.15, 0.2) is 12.1 Å². The lowest BCUT2D eigenvalue weighted by Gasteiger charge is -2.13. The summed E-state index contributed by atoms with van der Waals surface area (Å²) in [6, 6.07) is 5.09. The van der Waals surface area contributed by atoms with Crippen molar-refractivity contribution in [1.29, 1.82) is 0 Å². The maximum Gasteiger partial charge on any atom is 0.213 e. The molecule has 0 aliphatic heterocycles. The number of nitrogens with one attached hydrogen (secondary N) is 2. The van der Waals surface area contributed by atoms with E-state index in [4.69, 9.17) is 15.3 Å². The Hall–Kier alpha value is -3.20. The highest BCUT2D eigenvalue weighted by Crippen LogP contribution is 2.21. The van der Waals surface area contributed by atoms with Crippen molar-refractivity contribution in [3.63, 3.8) is 0 Å². The van der Waals surface area contributed by atoms with Gasteiger partial charge >= 0.3 is 0 Å². The quantitative estimate of drug-likeness (QED) is 0.217. The molecule has 2 aromatic heterocycles. The molecule has 0 aromatic carbocycles. The summed E-state index contributed by atoms with van der Waals surface area (Å²) in [5, 5.41) is 3.66. The number of hydrogen-bond acceptors (Lipinski definition) is 8. The second-order valence-corrected chi connectivity index (χ2v) is 4.53. The van der Waals surface area contributed by atoms with Crippen LogP contribution in [0.2, 0.25) is 0 Å². The first-order valence-electron chi connectivity index (χ1n) is 7.00. The monoisotopic (exact) mass is 330 g/mol. The van der Waals surface area contributed by atoms with E-state index in [0.717, 1.165) is 5.56 Å². The molecule has 9 nitrogen and oxygen atoms in total. The number of carbonyl (C=O) groups excluding carboxylic acids is 1. The fourth-order valence-electron chi connectivity index (χ4n) is 1.96. The van der Waals surface area contributed by atoms with Crippen LogP contribution in [0.15, 0.2) is 35.7 Å². The Labute approximate surface area is 138 Å². The molecule has 0 atom stereocenters. The van der Waals surface area contributed by atoms with Gasteiger partial charge in [-0.15, -0.1) is 0 Å². The van der Waals surface area contributed by atoms with Crippen molar-refractivity contribution >= 4 is 12.1 Å². The molecular weight excluding hydrogens is 312 g/mol. The molecule has 24 heavy (non-hydrogen) atoms. The summed E-state index contributed by atoms with van der Waals surface area (Å²) in [7, 11) is 3.16. The second-order valence-electron chi connectivity index (χ2n) is 4.53. The number of hydrogen-bond donors (Lipinski definition) is 3. The van der Waals surface area contributed by atoms with Crippen LogP contribution in [0, 0.1) is 0 Å². The molecule has 2 aromatic rings. The van der Waals surface area contributed by atoms with E-state index in [-0.39, 0.29) is 6.61 Å². The van der Waals surface area contributed by atoms with E-state index in [1.54, 1.807) is 19.3 Å². The van der Waals surface area contributed by atoms with Crippen molar-refractivity contribution < 1.29 is 14.3 Å². The fraction of sp³-hybridized carbons (Fsp3) is 0.200. The van der Waals surface area contributed by atoms with Gasteiger partial charge in [-0.3, -0.25) is 9.78 Å². The molecule has 0 saturated heterocycles. The molecule has 0 radical (unpaired) electrons. The molecule has 2 heterocycles. The molecule has 2 rings (SSSR count). The number of nitrogens with two attached hydrogens (primary N) is 1. The lowest BCUT2D eigenvalue weighted by atomic mass is 10.2. The average molecular weight is 330 g/mol. The van der Waals surface area contributed by atoms with E-state index < -0.39 is 0 Å². The van der Waals surface area contributed by atoms with Crippen molar-refractivity contribution in [2.75, 3.05) is 14.2 Å². The SMILES string of the molecule is CNN/C(=N\N)c1ncccc1COc1cnc(OC)cc1C=O. The zero-order valence-corrected chi connectivity index (χ0v) is 13.3. The highest BCUT2D eigenvalue weighted by Gasteiger charge is 2.12. The molecule has 0 spiro atoms. The molecule has 0 unspecified atom stereocenters. The number of aromatic nitrogens is 2. The number of ether oxygens (including phenoxy) is 2. The largest absolute Gasteiger partial charge is 0.486 e. The van der Waals surface area contributed by atoms with Crippen molar-refractivity contribution in [3.8, 4) is 11.6 Å². The molecule has 0 fully saturated rings. The van der Waals surface area contributed by atoms with Gasteiger partial charge in [-0.2, -0.15) is 5.10 Å². The normalized spacial score (nSPS) is 11.0. The summed E-state index contributed by atoms with van der Waals surface area (Å²) in [5.74, 6) is 6.42. The van der Waals surface area contributed by atoms with Gasteiger partial charge in [-0.25, -0.2) is 10.4 Å². The Bertz CT molecular complexity index is 735. The average Bonchev–Trinajstić information content (AvgIpc) is 2.64. The minimum absolute atomic E-state index is 0.155. The molecule has 0 aliphatic carbocycles. The Morgan fingerprint density at radius 2 is 2.29 bits per heavy atom. The molecule has 0 bridgehead atoms. The Balaban J connectivity index is 2.23. The molecule has 9 heteroatoms. The number of aldehydes is 1. The molecular formula is C15H18N6O3. The zero-order valence-electron chi connectivity index (χ0n) is 13.3. The maximum absolute atomic E-state index is 11.2. The number of pyridine rings is 2. The molecule has 126 valence electrons. The van der Waals surface area contributed by atoms with Crippen molar-refractivity contribution in [2.45, 2.75) is 6.61 Å². The molecule has 0 amide bonds. The number of carbonyl (C=O) groups is 1. The number of rotatable bonds is 7. The molecule has 0 aliphatic rings. The molecule has 4 N–H and O–H groups in total. The number of amidine groups is 1. The predicted octanol–water partition coefficient (Wildman–Crippen LogP) is 0.221. The number of nitrogens with zero attached hydrogens (tertiary/aromatic N) is 3. The van der Waals surface area contributed by atoms with Crippen molar-refractivity contribution in [1.82, 2.24) is 20.8 Å². The van der Waals surface area contributed by atoms with Gasteiger partial charge in [0.2, 0.25) is 5.88 Å². The minimum Gasteiger partial charge on any atom is -0.486 e. The highest BCUT2D eigenvalue weighted by atomic mass is 16.5. The Morgan fingerprint density at radius 3 is 2.96 bits per heavy atom. The van der Waals surface area contributed by atoms with Crippen LogP contribution in [0.3, 0.4) is 0 Å². The first-order valence-corrected chi connectivity index (χ1v) is 7.00. The van der Waals surface area contributed by atoms with E-state index in [1.807, 2.05) is 6.07 Å². The van der Waals surface area contributed by atoms with E-state index in [9.17, 15) is 4.79 Å². The summed E-state index contributed by atoms with van der Waals surface area (Å²) < 4.78 is 10.7. The fourth-order valence-corrected chi connectivity index (χ4v) is 1.96. The van der Waals surface area contributed by atoms with Crippen LogP contribution in [-0.2, 0) is 6.61 Å². The van der Waals surface area contributed by atoms with E-state index in [0.29, 0.717) is 35.0 Å². The highest BCUT2D eigenvalue weighted by molar-refractivity contribution is 5.97. The third-order valence-electron chi connectivity index (χ3n) is 3.08. The minimum atomic E-state index is 0.155. The first kappa shape index (κ1) is 17.2. The lowest BCUT2D eigenvalue weighted by molar-refractivity contribution is 0.111. The third-order valence-corrected chi connectivity index (χ3v) is 3.08. The van der Waals surface area contributed by atoms with Crippen LogP contribution in [0.4, 0.5) is 0 Å². The van der Waals surface area contributed by atoms with E-state index >= 15 is 0 Å². The van der Waals surface area contributed by atoms with Crippen LogP contribution in [0.25, 0.3) is 0 Å². The summed E-state index contributed by atoms with van der Waals surface area (Å²) in [6.07, 6.45) is 3.73. The first-order chi connectivity index (χ1) is 11.7. The van der Waals surface area contributed by atoms with Gasteiger partial charge < -0.3 is 20.7 Å². The summed E-state index contributed by atoms with van der Waals surface area (Å²) >= 11 is 0. The smallest absolute Gasteiger partial charge is 0.213 e. The van der Waals surface area contributed by atoms with Crippen LogP contribution in [0.5, 0.6) is 11.6 Å². The maximum atomic E-state index is 11.2. The molecule has 0 saturated carbocycles. The van der Waals surface area contributed by atoms with Crippen LogP contribution in [-0.4, -0.2) is 36.2 Å². The standard InChI is InChI=1S/C15H18N6O3/c1-17-21-15(20-16)14-10(4-3-5-18-14)9-24-12-7-19-13(23-2)6-11(12)8-22/h3-8,17H,9,16H2,1-2H3,(H,20,21). The number of hydrazine groups is 1. The Kier molecular flexibility index (Phi) is 6.03. The second kappa shape index (κ2) is 8.44. The van der Waals surface area contributed by atoms with Gasteiger partial charge in [-0.05, 0) is 6.07 Å². The Morgan fingerprint density at radius 1 is 1.46 bits per heavy atom. The predicted molar refractivity (Wildman–Crippen MR) is 87.7 cm³/mol. The topological polar surface area (TPSA) is 124 Å². The van der Waals surface area contributed by atoms with Gasteiger partial charge in [0.05, 0.1) is 18.9 Å². The summed E-state index contributed by atoms with van der Waals surface area (Å²) in [5.41, 5.74) is 7.14. The third kappa shape index (κ3) is 3.96. The summed E-state index contributed by atoms with van der Waals surface area (Å²) in [4.78, 5) is 19.5. The van der Waals surface area contributed by atoms with Crippen molar-refractivity contribution in [3.05, 3.63) is 47.4 Å². The number of hydrazone groups is 1. The van der Waals surface area contributed by atoms with E-state index in [2.05, 4.69) is 25.9 Å². The van der Waals surface area contributed by atoms with Gasteiger partial charge in [0.1, 0.15) is 18.1 Å². The van der Waals surface area contributed by atoms with Gasteiger partial charge in [0.25, 0.3) is 0 Å². The summed E-state index contributed by atoms with van der Waals surface area (Å²) in [6.45, 7) is 0.155. The van der Waals surface area contributed by atoms with Gasteiger partial charge in [-0.1, -0.05) is 6.07 Å². The lowest BCUT2D eigenvalue weighted by Crippen LogP contribution is -2.37. The zero-order chi connectivity index (χ0) is 17.4.